The van der Waals surface area contributed by atoms with Crippen molar-refractivity contribution in [3.8, 4) is 0 Å². The summed E-state index contributed by atoms with van der Waals surface area (Å²) in [5.41, 5.74) is 4.32. The summed E-state index contributed by atoms with van der Waals surface area (Å²) in [6.07, 6.45) is 6.23. The second-order valence-corrected chi connectivity index (χ2v) is 4.73. The van der Waals surface area contributed by atoms with Gasteiger partial charge in [-0.3, -0.25) is 0 Å². The fourth-order valence-electron chi connectivity index (χ4n) is 1.88. The molecule has 20 heavy (non-hydrogen) atoms. The number of carbonyl (C=O) groups is 1. The lowest BCUT2D eigenvalue weighted by Gasteiger charge is -2.08. The summed E-state index contributed by atoms with van der Waals surface area (Å²) < 4.78 is 31.8. The van der Waals surface area contributed by atoms with Gasteiger partial charge < -0.3 is 10.5 Å². The van der Waals surface area contributed by atoms with E-state index in [1.54, 1.807) is 0 Å². The molecule has 112 valence electrons. The van der Waals surface area contributed by atoms with Crippen molar-refractivity contribution < 1.29 is 18.3 Å². The van der Waals surface area contributed by atoms with E-state index in [4.69, 9.17) is 10.5 Å². The molecule has 0 unspecified atom stereocenters. The molecule has 0 saturated heterocycles. The van der Waals surface area contributed by atoms with Crippen LogP contribution in [0.15, 0.2) is 12.1 Å². The van der Waals surface area contributed by atoms with Crippen LogP contribution in [0.3, 0.4) is 0 Å². The lowest BCUT2D eigenvalue weighted by atomic mass is 10.1. The van der Waals surface area contributed by atoms with Crippen molar-refractivity contribution >= 4 is 11.7 Å². The Bertz CT molecular complexity index is 450. The van der Waals surface area contributed by atoms with Gasteiger partial charge in [0.2, 0.25) is 0 Å². The Labute approximate surface area is 118 Å². The number of halogens is 2. The molecule has 0 radical (unpaired) electrons. The van der Waals surface area contributed by atoms with Crippen LogP contribution in [0, 0.1) is 11.6 Å². The molecule has 0 saturated carbocycles. The lowest BCUT2D eigenvalue weighted by Crippen LogP contribution is -2.12. The summed E-state index contributed by atoms with van der Waals surface area (Å²) in [5, 5.41) is 0. The predicted octanol–water partition coefficient (Wildman–Crippen LogP) is 4.06. The number of carbonyl (C=O) groups excluding carboxylic acids is 1. The van der Waals surface area contributed by atoms with Gasteiger partial charge in [0.05, 0.1) is 12.3 Å². The van der Waals surface area contributed by atoms with E-state index in [-0.39, 0.29) is 12.3 Å². The quantitative estimate of drug-likeness (QED) is 0.445. The molecule has 0 aliphatic heterocycles. The molecule has 0 fully saturated rings. The second kappa shape index (κ2) is 8.51. The SMILES string of the molecule is CCCCCCCCOC(=O)c1c(F)ccc(N)c1F. The summed E-state index contributed by atoms with van der Waals surface area (Å²) in [5.74, 6) is -3.01. The van der Waals surface area contributed by atoms with Crippen LogP contribution in [0.25, 0.3) is 0 Å². The molecule has 0 amide bonds. The van der Waals surface area contributed by atoms with Crippen LogP contribution >= 0.6 is 0 Å². The number of rotatable bonds is 8. The molecule has 3 nitrogen and oxygen atoms in total. The number of esters is 1. The third-order valence-corrected chi connectivity index (χ3v) is 3.06. The van der Waals surface area contributed by atoms with Gasteiger partial charge in [0.15, 0.2) is 5.82 Å². The number of nitrogen functional groups attached to an aromatic ring is 1. The van der Waals surface area contributed by atoms with Crippen molar-refractivity contribution in [2.24, 2.45) is 0 Å². The fourth-order valence-corrected chi connectivity index (χ4v) is 1.88. The minimum absolute atomic E-state index is 0.165. The average molecular weight is 285 g/mol. The van der Waals surface area contributed by atoms with Crippen molar-refractivity contribution in [3.05, 3.63) is 29.3 Å². The Morgan fingerprint density at radius 1 is 1.15 bits per heavy atom. The van der Waals surface area contributed by atoms with Gasteiger partial charge in [-0.1, -0.05) is 39.0 Å². The molecule has 0 atom stereocenters. The number of unbranched alkanes of at least 4 members (excludes halogenated alkanes) is 5. The lowest BCUT2D eigenvalue weighted by molar-refractivity contribution is 0.0487. The minimum Gasteiger partial charge on any atom is -0.462 e. The van der Waals surface area contributed by atoms with Crippen LogP contribution < -0.4 is 5.73 Å². The smallest absolute Gasteiger partial charge is 0.344 e. The average Bonchev–Trinajstić information content (AvgIpc) is 2.42. The second-order valence-electron chi connectivity index (χ2n) is 4.73. The number of nitrogens with two attached hydrogens (primary N) is 1. The number of benzene rings is 1. The van der Waals surface area contributed by atoms with Gasteiger partial charge in [0, 0.05) is 0 Å². The maximum Gasteiger partial charge on any atom is 0.344 e. The molecule has 0 spiro atoms. The highest BCUT2D eigenvalue weighted by Gasteiger charge is 2.20. The molecule has 1 aromatic carbocycles. The van der Waals surface area contributed by atoms with Gasteiger partial charge in [-0.05, 0) is 18.6 Å². The van der Waals surface area contributed by atoms with Gasteiger partial charge >= 0.3 is 5.97 Å². The zero-order valence-corrected chi connectivity index (χ0v) is 11.8. The maximum atomic E-state index is 13.6. The van der Waals surface area contributed by atoms with Crippen molar-refractivity contribution in [2.75, 3.05) is 12.3 Å². The normalized spacial score (nSPS) is 10.6. The van der Waals surface area contributed by atoms with E-state index in [0.717, 1.165) is 31.4 Å². The van der Waals surface area contributed by atoms with E-state index in [1.807, 2.05) is 0 Å². The molecule has 0 bridgehead atoms. The van der Waals surface area contributed by atoms with Crippen molar-refractivity contribution in [1.82, 2.24) is 0 Å². The first-order valence-electron chi connectivity index (χ1n) is 6.98. The summed E-state index contributed by atoms with van der Waals surface area (Å²) >= 11 is 0. The molecule has 0 aliphatic carbocycles. The standard InChI is InChI=1S/C15H21F2NO2/c1-2-3-4-5-6-7-10-20-15(19)13-11(16)8-9-12(18)14(13)17/h8-9H,2-7,10,18H2,1H3. The Morgan fingerprint density at radius 2 is 1.80 bits per heavy atom. The molecule has 1 rings (SSSR count). The monoisotopic (exact) mass is 285 g/mol. The van der Waals surface area contributed by atoms with E-state index in [0.29, 0.717) is 6.42 Å². The zero-order valence-electron chi connectivity index (χ0n) is 11.8. The van der Waals surface area contributed by atoms with Crippen LogP contribution in [-0.4, -0.2) is 12.6 Å². The molecule has 0 heterocycles. The van der Waals surface area contributed by atoms with Crippen molar-refractivity contribution in [1.29, 1.82) is 0 Å². The minimum atomic E-state index is -1.06. The van der Waals surface area contributed by atoms with E-state index >= 15 is 0 Å². The summed E-state index contributed by atoms with van der Waals surface area (Å²) in [6, 6.07) is 2.04. The van der Waals surface area contributed by atoms with Crippen LogP contribution in [0.5, 0.6) is 0 Å². The highest BCUT2D eigenvalue weighted by molar-refractivity contribution is 5.91. The number of anilines is 1. The molecular formula is C15H21F2NO2. The number of ether oxygens (including phenoxy) is 1. The van der Waals surface area contributed by atoms with Gasteiger partial charge in [-0.25, -0.2) is 13.6 Å². The fraction of sp³-hybridized carbons (Fsp3) is 0.533. The zero-order chi connectivity index (χ0) is 15.0. The first kappa shape index (κ1) is 16.4. The van der Waals surface area contributed by atoms with Gasteiger partial charge in [0.1, 0.15) is 11.4 Å². The largest absolute Gasteiger partial charge is 0.462 e. The number of hydrogen-bond donors (Lipinski definition) is 1. The number of hydrogen-bond acceptors (Lipinski definition) is 3. The van der Waals surface area contributed by atoms with Crippen LogP contribution in [0.2, 0.25) is 0 Å². The first-order valence-corrected chi connectivity index (χ1v) is 6.98. The van der Waals surface area contributed by atoms with Crippen molar-refractivity contribution in [2.45, 2.75) is 45.4 Å². The van der Waals surface area contributed by atoms with Gasteiger partial charge in [0.25, 0.3) is 0 Å². The molecule has 1 aromatic rings. The molecule has 5 heteroatoms. The molecule has 0 aromatic heterocycles. The molecular weight excluding hydrogens is 264 g/mol. The molecule has 2 N–H and O–H groups in total. The van der Waals surface area contributed by atoms with E-state index in [9.17, 15) is 13.6 Å². The summed E-state index contributed by atoms with van der Waals surface area (Å²) in [7, 11) is 0. The highest BCUT2D eigenvalue weighted by Crippen LogP contribution is 2.19. The van der Waals surface area contributed by atoms with E-state index in [1.165, 1.54) is 12.8 Å². The van der Waals surface area contributed by atoms with Gasteiger partial charge in [-0.2, -0.15) is 0 Å². The third kappa shape index (κ3) is 4.79. The van der Waals surface area contributed by atoms with Crippen molar-refractivity contribution in [3.63, 3.8) is 0 Å². The van der Waals surface area contributed by atoms with Gasteiger partial charge in [-0.15, -0.1) is 0 Å². The van der Waals surface area contributed by atoms with E-state index in [2.05, 4.69) is 6.92 Å². The Kier molecular flexibility index (Phi) is 6.98. The Morgan fingerprint density at radius 3 is 2.50 bits per heavy atom. The summed E-state index contributed by atoms with van der Waals surface area (Å²) in [6.45, 7) is 2.30. The Balaban J connectivity index is 2.38. The first-order chi connectivity index (χ1) is 9.57. The summed E-state index contributed by atoms with van der Waals surface area (Å²) in [4.78, 5) is 11.6. The Hall–Kier alpha value is -1.65. The third-order valence-electron chi connectivity index (χ3n) is 3.06. The maximum absolute atomic E-state index is 13.6. The van der Waals surface area contributed by atoms with Crippen LogP contribution in [0.1, 0.15) is 55.8 Å². The predicted molar refractivity (Wildman–Crippen MR) is 74.4 cm³/mol. The van der Waals surface area contributed by atoms with Crippen LogP contribution in [0.4, 0.5) is 14.5 Å². The van der Waals surface area contributed by atoms with E-state index < -0.39 is 23.2 Å². The molecule has 0 aliphatic rings. The highest BCUT2D eigenvalue weighted by atomic mass is 19.1. The van der Waals surface area contributed by atoms with Crippen LogP contribution in [-0.2, 0) is 4.74 Å². The topological polar surface area (TPSA) is 52.3 Å².